The maximum atomic E-state index is 13.8. The third-order valence-electron chi connectivity index (χ3n) is 3.17. The minimum absolute atomic E-state index is 0.0379. The first-order chi connectivity index (χ1) is 10.3. The molecule has 1 amide bonds. The molecule has 7 heteroatoms. The van der Waals surface area contributed by atoms with Gasteiger partial charge in [0.1, 0.15) is 17.7 Å². The lowest BCUT2D eigenvalue weighted by atomic mass is 10.1. The zero-order chi connectivity index (χ0) is 16.7. The number of carbonyl (C=O) groups excluding carboxylic acids is 1. The average Bonchev–Trinajstić information content (AvgIpc) is 2.44. The summed E-state index contributed by atoms with van der Waals surface area (Å²) in [7, 11) is 5.20. The summed E-state index contributed by atoms with van der Waals surface area (Å²) >= 11 is 0. The molecule has 1 rings (SSSR count). The number of benzene rings is 1. The zero-order valence-electron chi connectivity index (χ0n) is 13.2. The number of carbonyl (C=O) groups is 1. The van der Waals surface area contributed by atoms with Crippen molar-refractivity contribution in [2.75, 3.05) is 40.9 Å². The molecule has 0 aliphatic rings. The smallest absolute Gasteiger partial charge is 0.242 e. The van der Waals surface area contributed by atoms with Crippen molar-refractivity contribution in [1.29, 1.82) is 0 Å². The lowest BCUT2D eigenvalue weighted by molar-refractivity contribution is -0.134. The van der Waals surface area contributed by atoms with Crippen LogP contribution in [-0.4, -0.2) is 62.7 Å². The van der Waals surface area contributed by atoms with E-state index in [1.807, 2.05) is 19.0 Å². The number of halogens is 2. The lowest BCUT2D eigenvalue weighted by Crippen LogP contribution is -2.47. The zero-order valence-corrected chi connectivity index (χ0v) is 13.2. The fourth-order valence-corrected chi connectivity index (χ4v) is 1.93. The molecule has 1 aromatic rings. The number of nitrogens with two attached hydrogens (primary N) is 1. The van der Waals surface area contributed by atoms with Crippen LogP contribution in [0.1, 0.15) is 5.56 Å². The highest BCUT2D eigenvalue weighted by atomic mass is 19.1. The molecule has 0 spiro atoms. The summed E-state index contributed by atoms with van der Waals surface area (Å²) in [4.78, 5) is 15.7. The van der Waals surface area contributed by atoms with E-state index < -0.39 is 17.7 Å². The minimum Gasteiger partial charge on any atom is -0.383 e. The monoisotopic (exact) mass is 315 g/mol. The van der Waals surface area contributed by atoms with E-state index in [1.54, 1.807) is 0 Å². The van der Waals surface area contributed by atoms with Gasteiger partial charge in [-0.1, -0.05) is 6.07 Å². The summed E-state index contributed by atoms with van der Waals surface area (Å²) in [5.74, 6) is -1.65. The SMILES string of the molecule is COCC(N)C(=O)N(CCN(C)C)Cc1ccc(F)cc1F. The summed E-state index contributed by atoms with van der Waals surface area (Å²) in [6.45, 7) is 1.12. The van der Waals surface area contributed by atoms with Crippen LogP contribution in [0.3, 0.4) is 0 Å². The number of hydrogen-bond acceptors (Lipinski definition) is 4. The molecular formula is C15H23F2N3O2. The summed E-state index contributed by atoms with van der Waals surface area (Å²) in [6, 6.07) is 2.50. The number of hydrogen-bond donors (Lipinski definition) is 1. The average molecular weight is 315 g/mol. The first kappa shape index (κ1) is 18.5. The highest BCUT2D eigenvalue weighted by Gasteiger charge is 2.22. The van der Waals surface area contributed by atoms with Crippen molar-refractivity contribution in [3.63, 3.8) is 0 Å². The number of likely N-dealkylation sites (N-methyl/N-ethyl adjacent to an activating group) is 1. The van der Waals surface area contributed by atoms with Crippen LogP contribution in [0.4, 0.5) is 8.78 Å². The number of amides is 1. The van der Waals surface area contributed by atoms with Crippen molar-refractivity contribution >= 4 is 5.91 Å². The maximum absolute atomic E-state index is 13.8. The topological polar surface area (TPSA) is 58.8 Å². The van der Waals surface area contributed by atoms with Gasteiger partial charge in [-0.05, 0) is 20.2 Å². The van der Waals surface area contributed by atoms with Gasteiger partial charge in [0.2, 0.25) is 5.91 Å². The van der Waals surface area contributed by atoms with Gasteiger partial charge in [-0.25, -0.2) is 8.78 Å². The molecule has 0 aliphatic heterocycles. The van der Waals surface area contributed by atoms with Crippen molar-refractivity contribution in [3.05, 3.63) is 35.4 Å². The van der Waals surface area contributed by atoms with Crippen LogP contribution in [0, 0.1) is 11.6 Å². The molecule has 0 heterocycles. The largest absolute Gasteiger partial charge is 0.383 e. The fraction of sp³-hybridized carbons (Fsp3) is 0.533. The number of nitrogens with zero attached hydrogens (tertiary/aromatic N) is 2. The molecule has 0 aliphatic carbocycles. The van der Waals surface area contributed by atoms with Gasteiger partial charge in [0.15, 0.2) is 0 Å². The van der Waals surface area contributed by atoms with E-state index in [0.717, 1.165) is 6.07 Å². The number of ether oxygens (including phenoxy) is 1. The summed E-state index contributed by atoms with van der Waals surface area (Å²) in [5.41, 5.74) is 6.02. The highest BCUT2D eigenvalue weighted by molar-refractivity contribution is 5.81. The van der Waals surface area contributed by atoms with Crippen LogP contribution in [0.25, 0.3) is 0 Å². The van der Waals surface area contributed by atoms with E-state index in [2.05, 4.69) is 0 Å². The first-order valence-electron chi connectivity index (χ1n) is 6.97. The first-order valence-corrected chi connectivity index (χ1v) is 6.97. The molecular weight excluding hydrogens is 292 g/mol. The molecule has 0 saturated carbocycles. The lowest BCUT2D eigenvalue weighted by Gasteiger charge is -2.27. The molecule has 5 nitrogen and oxygen atoms in total. The van der Waals surface area contributed by atoms with Crippen molar-refractivity contribution in [1.82, 2.24) is 9.80 Å². The molecule has 1 atom stereocenters. The van der Waals surface area contributed by atoms with Crippen LogP contribution >= 0.6 is 0 Å². The van der Waals surface area contributed by atoms with Crippen molar-refractivity contribution in [2.45, 2.75) is 12.6 Å². The second kappa shape index (κ2) is 8.77. The Morgan fingerprint density at radius 3 is 2.55 bits per heavy atom. The Balaban J connectivity index is 2.87. The van der Waals surface area contributed by atoms with Gasteiger partial charge in [-0.15, -0.1) is 0 Å². The van der Waals surface area contributed by atoms with E-state index in [9.17, 15) is 13.6 Å². The van der Waals surface area contributed by atoms with Crippen molar-refractivity contribution in [2.24, 2.45) is 5.73 Å². The molecule has 0 radical (unpaired) electrons. The Hall–Kier alpha value is -1.57. The molecule has 124 valence electrons. The van der Waals surface area contributed by atoms with Crippen molar-refractivity contribution < 1.29 is 18.3 Å². The van der Waals surface area contributed by atoms with Gasteiger partial charge < -0.3 is 20.3 Å². The van der Waals surface area contributed by atoms with E-state index in [-0.39, 0.29) is 24.6 Å². The van der Waals surface area contributed by atoms with Gasteiger partial charge in [-0.2, -0.15) is 0 Å². The standard InChI is InChI=1S/C15H23F2N3O2/c1-19(2)6-7-20(15(21)14(18)10-22-3)9-11-4-5-12(16)8-13(11)17/h4-5,8,14H,6-7,9-10,18H2,1-3H3. The second-order valence-electron chi connectivity index (χ2n) is 5.36. The molecule has 0 fully saturated rings. The Morgan fingerprint density at radius 1 is 1.32 bits per heavy atom. The normalized spacial score (nSPS) is 12.5. The van der Waals surface area contributed by atoms with E-state index in [1.165, 1.54) is 24.1 Å². The maximum Gasteiger partial charge on any atom is 0.242 e. The van der Waals surface area contributed by atoms with Crippen LogP contribution in [0.2, 0.25) is 0 Å². The van der Waals surface area contributed by atoms with Gasteiger partial charge >= 0.3 is 0 Å². The van der Waals surface area contributed by atoms with Crippen LogP contribution in [-0.2, 0) is 16.1 Å². The fourth-order valence-electron chi connectivity index (χ4n) is 1.93. The van der Waals surface area contributed by atoms with Gasteiger partial charge in [-0.3, -0.25) is 4.79 Å². The predicted molar refractivity (Wildman–Crippen MR) is 80.2 cm³/mol. The van der Waals surface area contributed by atoms with Gasteiger partial charge in [0, 0.05) is 38.4 Å². The van der Waals surface area contributed by atoms with Crippen LogP contribution < -0.4 is 5.73 Å². The Labute approximate surface area is 129 Å². The van der Waals surface area contributed by atoms with Gasteiger partial charge in [0.25, 0.3) is 0 Å². The van der Waals surface area contributed by atoms with Gasteiger partial charge in [0.05, 0.1) is 6.61 Å². The molecule has 0 saturated heterocycles. The predicted octanol–water partition coefficient (Wildman–Crippen LogP) is 0.829. The number of methoxy groups -OCH3 is 1. The third kappa shape index (κ3) is 5.67. The van der Waals surface area contributed by atoms with E-state index in [0.29, 0.717) is 13.1 Å². The van der Waals surface area contributed by atoms with E-state index >= 15 is 0 Å². The Kier molecular flexibility index (Phi) is 7.37. The second-order valence-corrected chi connectivity index (χ2v) is 5.36. The highest BCUT2D eigenvalue weighted by Crippen LogP contribution is 2.13. The van der Waals surface area contributed by atoms with Crippen molar-refractivity contribution in [3.8, 4) is 0 Å². The molecule has 1 aromatic carbocycles. The molecule has 0 aromatic heterocycles. The van der Waals surface area contributed by atoms with Crippen LogP contribution in [0.15, 0.2) is 18.2 Å². The molecule has 2 N–H and O–H groups in total. The summed E-state index contributed by atoms with van der Waals surface area (Å²) in [6.07, 6.45) is 0. The molecule has 0 bridgehead atoms. The number of rotatable bonds is 8. The summed E-state index contributed by atoms with van der Waals surface area (Å²) < 4.78 is 31.6. The van der Waals surface area contributed by atoms with E-state index in [4.69, 9.17) is 10.5 Å². The minimum atomic E-state index is -0.810. The quantitative estimate of drug-likeness (QED) is 0.772. The Bertz CT molecular complexity index is 498. The van der Waals surface area contributed by atoms with Crippen LogP contribution in [0.5, 0.6) is 0 Å². The third-order valence-corrected chi connectivity index (χ3v) is 3.17. The molecule has 1 unspecified atom stereocenters. The Morgan fingerprint density at radius 2 is 2.00 bits per heavy atom. The summed E-state index contributed by atoms with van der Waals surface area (Å²) in [5, 5.41) is 0. The molecule has 22 heavy (non-hydrogen) atoms.